The number of nitriles is 1. The van der Waals surface area contributed by atoms with Gasteiger partial charge in [-0.05, 0) is 24.7 Å². The molecule has 0 amide bonds. The topological polar surface area (TPSA) is 27.0 Å². The van der Waals surface area contributed by atoms with Gasteiger partial charge >= 0.3 is 0 Å². The third-order valence-corrected chi connectivity index (χ3v) is 2.65. The van der Waals surface area contributed by atoms with Gasteiger partial charge in [0, 0.05) is 29.6 Å². The van der Waals surface area contributed by atoms with Crippen molar-refractivity contribution >= 4 is 23.2 Å². The minimum atomic E-state index is 0.529. The fraction of sp³-hybridized carbons (Fsp3) is 0.364. The molecule has 0 saturated heterocycles. The van der Waals surface area contributed by atoms with Gasteiger partial charge in [0.05, 0.1) is 6.07 Å². The van der Waals surface area contributed by atoms with Crippen molar-refractivity contribution in [2.45, 2.75) is 13.0 Å². The Labute approximate surface area is 100 Å². The Kier molecular flexibility index (Phi) is 4.90. The summed E-state index contributed by atoms with van der Waals surface area (Å²) < 4.78 is 0. The van der Waals surface area contributed by atoms with Crippen LogP contribution < -0.4 is 0 Å². The molecule has 0 aliphatic rings. The molecule has 0 fully saturated rings. The molecule has 0 heterocycles. The first kappa shape index (κ1) is 12.3. The summed E-state index contributed by atoms with van der Waals surface area (Å²) in [6.07, 6.45) is 0.529. The molecular weight excluding hydrogens is 231 g/mol. The molecule has 2 nitrogen and oxygen atoms in total. The van der Waals surface area contributed by atoms with Crippen LogP contribution in [0.4, 0.5) is 0 Å². The Morgan fingerprint density at radius 2 is 2.13 bits per heavy atom. The van der Waals surface area contributed by atoms with Crippen LogP contribution in [0.1, 0.15) is 12.0 Å². The molecule has 0 bridgehead atoms. The van der Waals surface area contributed by atoms with Crippen molar-refractivity contribution in [3.63, 3.8) is 0 Å². The van der Waals surface area contributed by atoms with Crippen LogP contribution in [0.15, 0.2) is 18.2 Å². The highest BCUT2D eigenvalue weighted by atomic mass is 35.5. The standard InChI is InChI=1S/C11H12Cl2N2/c1-15(6-2-5-14)8-9-3-4-10(12)7-11(9)13/h3-4,7H,2,6,8H2,1H3. The maximum Gasteiger partial charge on any atom is 0.0635 e. The lowest BCUT2D eigenvalue weighted by Gasteiger charge is -2.15. The number of hydrogen-bond acceptors (Lipinski definition) is 2. The second-order valence-electron chi connectivity index (χ2n) is 3.38. The number of hydrogen-bond donors (Lipinski definition) is 0. The minimum Gasteiger partial charge on any atom is -0.301 e. The normalized spacial score (nSPS) is 10.3. The van der Waals surface area contributed by atoms with E-state index in [0.717, 1.165) is 18.7 Å². The molecule has 4 heteroatoms. The van der Waals surface area contributed by atoms with E-state index < -0.39 is 0 Å². The van der Waals surface area contributed by atoms with Crippen LogP contribution in [0.25, 0.3) is 0 Å². The highest BCUT2D eigenvalue weighted by Crippen LogP contribution is 2.21. The van der Waals surface area contributed by atoms with E-state index in [1.807, 2.05) is 19.2 Å². The van der Waals surface area contributed by atoms with Crippen LogP contribution >= 0.6 is 23.2 Å². The Morgan fingerprint density at radius 1 is 1.40 bits per heavy atom. The number of nitrogens with zero attached hydrogens (tertiary/aromatic N) is 2. The number of rotatable bonds is 4. The quantitative estimate of drug-likeness (QED) is 0.810. The SMILES string of the molecule is CN(CCC#N)Cc1ccc(Cl)cc1Cl. The summed E-state index contributed by atoms with van der Waals surface area (Å²) in [4.78, 5) is 2.05. The fourth-order valence-corrected chi connectivity index (χ4v) is 1.73. The third-order valence-electron chi connectivity index (χ3n) is 2.06. The summed E-state index contributed by atoms with van der Waals surface area (Å²) in [5, 5.41) is 9.77. The fourth-order valence-electron chi connectivity index (χ4n) is 1.26. The van der Waals surface area contributed by atoms with Crippen molar-refractivity contribution < 1.29 is 0 Å². The molecule has 0 aliphatic carbocycles. The summed E-state index contributed by atoms with van der Waals surface area (Å²) >= 11 is 11.8. The highest BCUT2D eigenvalue weighted by molar-refractivity contribution is 6.35. The maximum absolute atomic E-state index is 8.45. The van der Waals surface area contributed by atoms with Crippen LogP contribution in [0.5, 0.6) is 0 Å². The van der Waals surface area contributed by atoms with Crippen molar-refractivity contribution in [1.29, 1.82) is 5.26 Å². The monoisotopic (exact) mass is 242 g/mol. The molecule has 1 aromatic carbocycles. The predicted molar refractivity (Wildman–Crippen MR) is 63.0 cm³/mol. The number of benzene rings is 1. The van der Waals surface area contributed by atoms with Crippen LogP contribution in [0.3, 0.4) is 0 Å². The van der Waals surface area contributed by atoms with E-state index in [-0.39, 0.29) is 0 Å². The average molecular weight is 243 g/mol. The minimum absolute atomic E-state index is 0.529. The van der Waals surface area contributed by atoms with E-state index in [2.05, 4.69) is 11.0 Å². The molecule has 0 radical (unpaired) electrons. The molecule has 15 heavy (non-hydrogen) atoms. The molecule has 0 aliphatic heterocycles. The van der Waals surface area contributed by atoms with Gasteiger partial charge in [-0.25, -0.2) is 0 Å². The van der Waals surface area contributed by atoms with Gasteiger partial charge in [0.25, 0.3) is 0 Å². The van der Waals surface area contributed by atoms with E-state index in [4.69, 9.17) is 28.5 Å². The van der Waals surface area contributed by atoms with E-state index in [0.29, 0.717) is 16.5 Å². The molecular formula is C11H12Cl2N2. The zero-order chi connectivity index (χ0) is 11.3. The first-order chi connectivity index (χ1) is 7.13. The van der Waals surface area contributed by atoms with Crippen molar-refractivity contribution in [2.75, 3.05) is 13.6 Å². The summed E-state index contributed by atoms with van der Waals surface area (Å²) in [6, 6.07) is 7.58. The molecule has 1 aromatic rings. The van der Waals surface area contributed by atoms with Gasteiger partial charge in [0.15, 0.2) is 0 Å². The molecule has 0 atom stereocenters. The summed E-state index contributed by atoms with van der Waals surface area (Å²) in [7, 11) is 1.96. The Bertz CT molecular complexity index is 371. The lowest BCUT2D eigenvalue weighted by atomic mass is 10.2. The highest BCUT2D eigenvalue weighted by Gasteiger charge is 2.04. The van der Waals surface area contributed by atoms with E-state index in [1.165, 1.54) is 0 Å². The first-order valence-electron chi connectivity index (χ1n) is 4.63. The third kappa shape index (κ3) is 4.09. The van der Waals surface area contributed by atoms with Crippen LogP contribution in [-0.4, -0.2) is 18.5 Å². The molecule has 0 unspecified atom stereocenters. The van der Waals surface area contributed by atoms with E-state index >= 15 is 0 Å². The molecule has 0 spiro atoms. The van der Waals surface area contributed by atoms with Crippen LogP contribution in [0.2, 0.25) is 10.0 Å². The average Bonchev–Trinajstić information content (AvgIpc) is 2.19. The van der Waals surface area contributed by atoms with E-state index in [1.54, 1.807) is 6.07 Å². The molecule has 1 rings (SSSR count). The molecule has 0 aromatic heterocycles. The summed E-state index contributed by atoms with van der Waals surface area (Å²) in [5.41, 5.74) is 1.03. The molecule has 0 saturated carbocycles. The van der Waals surface area contributed by atoms with Gasteiger partial charge in [-0.3, -0.25) is 0 Å². The van der Waals surface area contributed by atoms with Gasteiger partial charge in [0.2, 0.25) is 0 Å². The van der Waals surface area contributed by atoms with E-state index in [9.17, 15) is 0 Å². The van der Waals surface area contributed by atoms with Crippen molar-refractivity contribution in [3.05, 3.63) is 33.8 Å². The Hall–Kier alpha value is -0.750. The van der Waals surface area contributed by atoms with Gasteiger partial charge in [-0.2, -0.15) is 5.26 Å². The predicted octanol–water partition coefficient (Wildman–Crippen LogP) is 3.34. The molecule has 0 N–H and O–H groups in total. The lowest BCUT2D eigenvalue weighted by molar-refractivity contribution is 0.335. The van der Waals surface area contributed by atoms with Crippen LogP contribution in [0, 0.1) is 11.3 Å². The second-order valence-corrected chi connectivity index (χ2v) is 4.23. The second kappa shape index (κ2) is 5.97. The van der Waals surface area contributed by atoms with Crippen LogP contribution in [-0.2, 0) is 6.54 Å². The summed E-state index contributed by atoms with van der Waals surface area (Å²) in [6.45, 7) is 1.48. The zero-order valence-corrected chi connectivity index (χ0v) is 10.0. The van der Waals surface area contributed by atoms with Gasteiger partial charge in [-0.1, -0.05) is 29.3 Å². The van der Waals surface area contributed by atoms with Gasteiger partial charge in [0.1, 0.15) is 0 Å². The van der Waals surface area contributed by atoms with Crippen molar-refractivity contribution in [2.24, 2.45) is 0 Å². The Balaban J connectivity index is 2.61. The summed E-state index contributed by atoms with van der Waals surface area (Å²) in [5.74, 6) is 0. The Morgan fingerprint density at radius 3 is 2.73 bits per heavy atom. The van der Waals surface area contributed by atoms with Gasteiger partial charge < -0.3 is 4.90 Å². The maximum atomic E-state index is 8.45. The zero-order valence-electron chi connectivity index (χ0n) is 8.50. The smallest absolute Gasteiger partial charge is 0.0635 e. The largest absolute Gasteiger partial charge is 0.301 e. The lowest BCUT2D eigenvalue weighted by Crippen LogP contribution is -2.18. The molecule has 80 valence electrons. The first-order valence-corrected chi connectivity index (χ1v) is 5.38. The number of halogens is 2. The van der Waals surface area contributed by atoms with Crippen molar-refractivity contribution in [1.82, 2.24) is 4.90 Å². The van der Waals surface area contributed by atoms with Gasteiger partial charge in [-0.15, -0.1) is 0 Å². The van der Waals surface area contributed by atoms with Crippen molar-refractivity contribution in [3.8, 4) is 6.07 Å².